The molecule has 8 nitrogen and oxygen atoms in total. The number of rotatable bonds is 6. The fourth-order valence-electron chi connectivity index (χ4n) is 4.11. The van der Waals surface area contributed by atoms with Crippen LogP contribution in [-0.2, 0) is 10.0 Å². The summed E-state index contributed by atoms with van der Waals surface area (Å²) in [4.78, 5) is 12.9. The van der Waals surface area contributed by atoms with Crippen molar-refractivity contribution in [3.63, 3.8) is 0 Å². The van der Waals surface area contributed by atoms with Gasteiger partial charge in [0.2, 0.25) is 0 Å². The van der Waals surface area contributed by atoms with E-state index in [0.717, 1.165) is 5.56 Å². The summed E-state index contributed by atoms with van der Waals surface area (Å²) >= 11 is 6.12. The number of aryl methyl sites for hydroxylation is 1. The molecule has 0 saturated carbocycles. The maximum atomic E-state index is 15.4. The number of aromatic nitrogens is 3. The zero-order chi connectivity index (χ0) is 27.0. The van der Waals surface area contributed by atoms with Gasteiger partial charge in [-0.1, -0.05) is 17.7 Å². The number of anilines is 1. The van der Waals surface area contributed by atoms with E-state index in [1.165, 1.54) is 66.4 Å². The van der Waals surface area contributed by atoms with Gasteiger partial charge in [-0.25, -0.2) is 12.8 Å². The quantitative estimate of drug-likeness (QED) is 0.305. The monoisotopic (exact) mass is 550 g/mol. The third-order valence-corrected chi connectivity index (χ3v) is 7.74. The van der Waals surface area contributed by atoms with Crippen molar-refractivity contribution in [1.82, 2.24) is 14.8 Å². The van der Waals surface area contributed by atoms with Gasteiger partial charge in [-0.3, -0.25) is 14.1 Å². The highest BCUT2D eigenvalue weighted by atomic mass is 35.5. The van der Waals surface area contributed by atoms with Crippen molar-refractivity contribution in [1.29, 1.82) is 0 Å². The lowest BCUT2D eigenvalue weighted by Crippen LogP contribution is -2.19. The minimum atomic E-state index is -3.99. The van der Waals surface area contributed by atoms with Crippen LogP contribution in [0, 0.1) is 12.7 Å². The summed E-state index contributed by atoms with van der Waals surface area (Å²) in [7, 11) is -2.57. The maximum Gasteiger partial charge on any atom is 0.263 e. The molecule has 5 rings (SSSR count). The van der Waals surface area contributed by atoms with Crippen molar-refractivity contribution in [2.75, 3.05) is 11.8 Å². The van der Waals surface area contributed by atoms with E-state index in [-0.39, 0.29) is 27.7 Å². The first kappa shape index (κ1) is 25.4. The van der Waals surface area contributed by atoms with Crippen molar-refractivity contribution < 1.29 is 17.5 Å². The third kappa shape index (κ3) is 4.71. The van der Waals surface area contributed by atoms with Crippen LogP contribution in [0.2, 0.25) is 5.02 Å². The molecule has 0 atom stereocenters. The zero-order valence-electron chi connectivity index (χ0n) is 20.1. The SMILES string of the molecule is COc1cc(-c2ccc(Cl)c(C)c2)c(F)cc1-n1c(=O)ccc2cc(S(=O)(=O)Nc3cccnn3)ccc21. The largest absolute Gasteiger partial charge is 0.495 e. The molecule has 5 aromatic rings. The lowest BCUT2D eigenvalue weighted by Gasteiger charge is -2.17. The molecule has 0 aliphatic rings. The molecule has 0 radical (unpaired) electrons. The number of benzene rings is 3. The number of sulfonamides is 1. The van der Waals surface area contributed by atoms with Crippen LogP contribution in [-0.4, -0.2) is 30.3 Å². The van der Waals surface area contributed by atoms with Crippen molar-refractivity contribution in [2.24, 2.45) is 0 Å². The van der Waals surface area contributed by atoms with Crippen molar-refractivity contribution in [2.45, 2.75) is 11.8 Å². The molecule has 0 amide bonds. The number of nitrogens with zero attached hydrogens (tertiary/aromatic N) is 3. The van der Waals surface area contributed by atoms with E-state index in [2.05, 4.69) is 14.9 Å². The van der Waals surface area contributed by atoms with Gasteiger partial charge in [-0.15, -0.1) is 5.10 Å². The lowest BCUT2D eigenvalue weighted by atomic mass is 10.0. The molecule has 3 aromatic carbocycles. The first-order chi connectivity index (χ1) is 18.2. The number of fused-ring (bicyclic) bond motifs is 1. The second-order valence-corrected chi connectivity index (χ2v) is 10.5. The molecule has 0 bridgehead atoms. The highest BCUT2D eigenvalue weighted by Gasteiger charge is 2.19. The average molecular weight is 551 g/mol. The Balaban J connectivity index is 1.63. The normalized spacial score (nSPS) is 11.5. The van der Waals surface area contributed by atoms with Gasteiger partial charge in [0, 0.05) is 34.3 Å². The van der Waals surface area contributed by atoms with Crippen LogP contribution in [0.5, 0.6) is 5.75 Å². The molecular formula is C27H20ClFN4O4S. The van der Waals surface area contributed by atoms with Crippen LogP contribution < -0.4 is 15.0 Å². The summed E-state index contributed by atoms with van der Waals surface area (Å²) in [6, 6.07) is 17.9. The van der Waals surface area contributed by atoms with Gasteiger partial charge in [-0.05, 0) is 72.6 Å². The standard InChI is InChI=1S/C27H20ClFN4O4S/c1-16-12-17(5-8-21(16)28)20-14-25(37-2)24(15-22(20)29)33-23-9-7-19(13-18(23)6-10-27(33)34)38(35,36)32-26-4-3-11-30-31-26/h3-15H,1-2H3,(H,31,32). The number of hydrogen-bond donors (Lipinski definition) is 1. The van der Waals surface area contributed by atoms with Crippen LogP contribution >= 0.6 is 11.6 Å². The average Bonchev–Trinajstić information content (AvgIpc) is 2.90. The third-order valence-electron chi connectivity index (χ3n) is 5.97. The second-order valence-electron chi connectivity index (χ2n) is 8.41. The predicted molar refractivity (Wildman–Crippen MR) is 144 cm³/mol. The molecule has 2 heterocycles. The summed E-state index contributed by atoms with van der Waals surface area (Å²) in [5.74, 6) is -0.253. The Labute approximate surface area is 222 Å². The molecule has 192 valence electrons. The Morgan fingerprint density at radius 1 is 1.03 bits per heavy atom. The van der Waals surface area contributed by atoms with E-state index >= 15 is 4.39 Å². The van der Waals surface area contributed by atoms with Crippen molar-refractivity contribution in [3.8, 4) is 22.6 Å². The highest BCUT2D eigenvalue weighted by Crippen LogP contribution is 2.35. The number of halogens is 2. The van der Waals surface area contributed by atoms with Crippen LogP contribution in [0.3, 0.4) is 0 Å². The Kier molecular flexibility index (Phi) is 6.60. The van der Waals surface area contributed by atoms with Gasteiger partial charge in [0.15, 0.2) is 5.82 Å². The number of methoxy groups -OCH3 is 1. The lowest BCUT2D eigenvalue weighted by molar-refractivity contribution is 0.412. The van der Waals surface area contributed by atoms with E-state index in [1.54, 1.807) is 24.3 Å². The van der Waals surface area contributed by atoms with Crippen molar-refractivity contribution in [3.05, 3.63) is 106 Å². The zero-order valence-corrected chi connectivity index (χ0v) is 21.7. The molecule has 0 spiro atoms. The van der Waals surface area contributed by atoms with E-state index < -0.39 is 21.4 Å². The molecule has 1 N–H and O–H groups in total. The number of nitrogens with one attached hydrogen (secondary N) is 1. The summed E-state index contributed by atoms with van der Waals surface area (Å²) in [5, 5.41) is 8.40. The van der Waals surface area contributed by atoms with Crippen LogP contribution in [0.1, 0.15) is 5.56 Å². The van der Waals surface area contributed by atoms with Gasteiger partial charge < -0.3 is 4.74 Å². The maximum absolute atomic E-state index is 15.4. The smallest absolute Gasteiger partial charge is 0.263 e. The van der Waals surface area contributed by atoms with Gasteiger partial charge in [0.1, 0.15) is 11.6 Å². The Morgan fingerprint density at radius 2 is 1.84 bits per heavy atom. The number of ether oxygens (including phenoxy) is 1. The van der Waals surface area contributed by atoms with Gasteiger partial charge in [-0.2, -0.15) is 5.10 Å². The van der Waals surface area contributed by atoms with E-state index in [9.17, 15) is 13.2 Å². The van der Waals surface area contributed by atoms with Crippen LogP contribution in [0.25, 0.3) is 27.7 Å². The summed E-state index contributed by atoms with van der Waals surface area (Å²) < 4.78 is 50.4. The molecular weight excluding hydrogens is 531 g/mol. The molecule has 0 aliphatic carbocycles. The Bertz CT molecular complexity index is 1860. The highest BCUT2D eigenvalue weighted by molar-refractivity contribution is 7.92. The Morgan fingerprint density at radius 3 is 2.55 bits per heavy atom. The molecule has 2 aromatic heterocycles. The number of hydrogen-bond acceptors (Lipinski definition) is 6. The summed E-state index contributed by atoms with van der Waals surface area (Å²) in [6.07, 6.45) is 1.42. The Hall–Kier alpha value is -4.28. The molecule has 0 unspecified atom stereocenters. The first-order valence-electron chi connectivity index (χ1n) is 11.3. The fourth-order valence-corrected chi connectivity index (χ4v) is 5.26. The van der Waals surface area contributed by atoms with Crippen LogP contribution in [0.15, 0.2) is 88.7 Å². The molecule has 0 saturated heterocycles. The number of pyridine rings is 1. The summed E-state index contributed by atoms with van der Waals surface area (Å²) in [5.41, 5.74) is 1.76. The fraction of sp³-hybridized carbons (Fsp3) is 0.0741. The van der Waals surface area contributed by atoms with E-state index in [1.807, 2.05) is 6.92 Å². The van der Waals surface area contributed by atoms with Crippen molar-refractivity contribution >= 4 is 38.3 Å². The molecule has 38 heavy (non-hydrogen) atoms. The van der Waals surface area contributed by atoms with Gasteiger partial charge in [0.05, 0.1) is 23.2 Å². The molecule has 0 fully saturated rings. The van der Waals surface area contributed by atoms with E-state index in [4.69, 9.17) is 16.3 Å². The second kappa shape index (κ2) is 9.88. The molecule has 11 heteroatoms. The topological polar surface area (TPSA) is 103 Å². The minimum Gasteiger partial charge on any atom is -0.495 e. The first-order valence-corrected chi connectivity index (χ1v) is 13.1. The minimum absolute atomic E-state index is 0.0487. The van der Waals surface area contributed by atoms with Gasteiger partial charge in [0.25, 0.3) is 15.6 Å². The van der Waals surface area contributed by atoms with Gasteiger partial charge >= 0.3 is 0 Å². The summed E-state index contributed by atoms with van der Waals surface area (Å²) in [6.45, 7) is 1.82. The molecule has 0 aliphatic heterocycles. The van der Waals surface area contributed by atoms with Crippen LogP contribution in [0.4, 0.5) is 10.2 Å². The predicted octanol–water partition coefficient (Wildman–Crippen LogP) is 5.36. The van der Waals surface area contributed by atoms with E-state index in [0.29, 0.717) is 21.5 Å².